The Morgan fingerprint density at radius 3 is 2.76 bits per heavy atom. The number of hydrogen-bond acceptors (Lipinski definition) is 2. The van der Waals surface area contributed by atoms with E-state index >= 15 is 0 Å². The van der Waals surface area contributed by atoms with Crippen LogP contribution in [0.5, 0.6) is 0 Å². The number of likely N-dealkylation sites (N-methyl/N-ethyl adjacent to an activating group) is 1. The minimum absolute atomic E-state index is 0.579. The van der Waals surface area contributed by atoms with Gasteiger partial charge in [0.2, 0.25) is 0 Å². The van der Waals surface area contributed by atoms with Crippen LogP contribution >= 0.6 is 15.9 Å². The minimum Gasteiger partial charge on any atom is -0.359 e. The summed E-state index contributed by atoms with van der Waals surface area (Å²) in [7, 11) is 1.41. The molecule has 0 unspecified atom stereocenters. The molecule has 2 aromatic rings. The maximum absolute atomic E-state index is 11.4. The van der Waals surface area contributed by atoms with E-state index in [4.69, 9.17) is 0 Å². The molecule has 2 amide bonds. The summed E-state index contributed by atoms with van der Waals surface area (Å²) in [6.07, 6.45) is 1.65. The number of hydrogen-bond donors (Lipinski definition) is 3. The zero-order valence-corrected chi connectivity index (χ0v) is 10.6. The molecule has 0 atom stereocenters. The fourth-order valence-electron chi connectivity index (χ4n) is 1.49. The lowest BCUT2D eigenvalue weighted by molar-refractivity contribution is -0.135. The first-order valence-electron chi connectivity index (χ1n) is 4.91. The van der Waals surface area contributed by atoms with Gasteiger partial charge in [0, 0.05) is 28.6 Å². The van der Waals surface area contributed by atoms with Crippen molar-refractivity contribution in [2.45, 2.75) is 0 Å². The third-order valence-electron chi connectivity index (χ3n) is 2.33. The van der Waals surface area contributed by atoms with Crippen molar-refractivity contribution in [3.63, 3.8) is 0 Å². The number of rotatable bonds is 1. The van der Waals surface area contributed by atoms with E-state index in [0.29, 0.717) is 5.69 Å². The summed E-state index contributed by atoms with van der Waals surface area (Å²) < 4.78 is 0.903. The minimum atomic E-state index is -0.687. The number of amides is 2. The van der Waals surface area contributed by atoms with E-state index in [1.54, 1.807) is 6.20 Å². The van der Waals surface area contributed by atoms with Gasteiger partial charge in [-0.25, -0.2) is 0 Å². The summed E-state index contributed by atoms with van der Waals surface area (Å²) in [5.41, 5.74) is 1.47. The van der Waals surface area contributed by atoms with Crippen molar-refractivity contribution in [2.75, 3.05) is 12.4 Å². The Balaban J connectivity index is 2.33. The molecular formula is C11H10BrN3O2. The molecule has 0 saturated carbocycles. The largest absolute Gasteiger partial charge is 0.359 e. The molecule has 1 aromatic carbocycles. The molecule has 0 bridgehead atoms. The second-order valence-corrected chi connectivity index (χ2v) is 4.34. The van der Waals surface area contributed by atoms with Crippen LogP contribution in [0, 0.1) is 0 Å². The van der Waals surface area contributed by atoms with Crippen LogP contribution in [0.2, 0.25) is 0 Å². The van der Waals surface area contributed by atoms with Crippen molar-refractivity contribution < 1.29 is 9.59 Å². The Morgan fingerprint density at radius 1 is 1.29 bits per heavy atom. The monoisotopic (exact) mass is 295 g/mol. The molecule has 3 N–H and O–H groups in total. The number of benzene rings is 1. The highest BCUT2D eigenvalue weighted by Gasteiger charge is 2.13. The Bertz CT molecular complexity index is 591. The molecule has 0 fully saturated rings. The quantitative estimate of drug-likeness (QED) is 0.700. The van der Waals surface area contributed by atoms with Crippen molar-refractivity contribution in [2.24, 2.45) is 0 Å². The van der Waals surface area contributed by atoms with Gasteiger partial charge in [0.05, 0.1) is 5.69 Å². The zero-order valence-electron chi connectivity index (χ0n) is 9.00. The van der Waals surface area contributed by atoms with E-state index in [2.05, 4.69) is 31.5 Å². The summed E-state index contributed by atoms with van der Waals surface area (Å²) in [4.78, 5) is 25.5. The van der Waals surface area contributed by atoms with Crippen LogP contribution in [0.15, 0.2) is 28.9 Å². The molecule has 1 heterocycles. The smallest absolute Gasteiger partial charge is 0.313 e. The van der Waals surface area contributed by atoms with Crippen molar-refractivity contribution >= 4 is 44.3 Å². The first-order valence-corrected chi connectivity index (χ1v) is 5.71. The van der Waals surface area contributed by atoms with Crippen LogP contribution in [0.1, 0.15) is 0 Å². The average molecular weight is 296 g/mol. The highest BCUT2D eigenvalue weighted by Crippen LogP contribution is 2.26. The predicted octanol–water partition coefficient (Wildman–Crippen LogP) is 1.61. The van der Waals surface area contributed by atoms with E-state index < -0.39 is 11.8 Å². The number of aromatic amines is 1. The van der Waals surface area contributed by atoms with Crippen LogP contribution < -0.4 is 10.6 Å². The van der Waals surface area contributed by atoms with Crippen LogP contribution in [-0.4, -0.2) is 23.8 Å². The van der Waals surface area contributed by atoms with Gasteiger partial charge in [0.25, 0.3) is 0 Å². The highest BCUT2D eigenvalue weighted by molar-refractivity contribution is 9.10. The van der Waals surface area contributed by atoms with E-state index in [0.717, 1.165) is 15.4 Å². The van der Waals surface area contributed by atoms with Crippen LogP contribution in [-0.2, 0) is 9.59 Å². The Hall–Kier alpha value is -1.82. The van der Waals surface area contributed by atoms with Gasteiger partial charge in [-0.3, -0.25) is 9.59 Å². The SMILES string of the molecule is CNC(=O)C(=O)Nc1c[nH]c2ccc(Br)cc12. The van der Waals surface area contributed by atoms with Crippen molar-refractivity contribution in [3.8, 4) is 0 Å². The Morgan fingerprint density at radius 2 is 2.06 bits per heavy atom. The second kappa shape index (κ2) is 4.58. The normalized spacial score (nSPS) is 10.2. The van der Waals surface area contributed by atoms with E-state index in [-0.39, 0.29) is 0 Å². The molecular weight excluding hydrogens is 286 g/mol. The summed E-state index contributed by atoms with van der Waals surface area (Å²) in [6, 6.07) is 5.64. The molecule has 0 aliphatic rings. The lowest BCUT2D eigenvalue weighted by Crippen LogP contribution is -2.32. The maximum Gasteiger partial charge on any atom is 0.313 e. The number of fused-ring (bicyclic) bond motifs is 1. The van der Waals surface area contributed by atoms with Crippen LogP contribution in [0.25, 0.3) is 10.9 Å². The van der Waals surface area contributed by atoms with Crippen molar-refractivity contribution in [1.29, 1.82) is 0 Å². The third kappa shape index (κ3) is 2.31. The molecule has 5 nitrogen and oxygen atoms in total. The molecule has 17 heavy (non-hydrogen) atoms. The number of halogens is 1. The zero-order chi connectivity index (χ0) is 12.4. The molecule has 2 rings (SSSR count). The van der Waals surface area contributed by atoms with Crippen molar-refractivity contribution in [1.82, 2.24) is 10.3 Å². The number of anilines is 1. The van der Waals surface area contributed by atoms with Gasteiger partial charge in [-0.05, 0) is 18.2 Å². The topological polar surface area (TPSA) is 74.0 Å². The van der Waals surface area contributed by atoms with Crippen LogP contribution in [0.4, 0.5) is 5.69 Å². The first-order chi connectivity index (χ1) is 8.11. The molecule has 88 valence electrons. The fraction of sp³-hybridized carbons (Fsp3) is 0.0909. The maximum atomic E-state index is 11.4. The molecule has 0 saturated heterocycles. The van der Waals surface area contributed by atoms with Crippen molar-refractivity contribution in [3.05, 3.63) is 28.9 Å². The lowest BCUT2D eigenvalue weighted by atomic mass is 10.2. The van der Waals surface area contributed by atoms with Gasteiger partial charge >= 0.3 is 11.8 Å². The molecule has 0 aliphatic carbocycles. The summed E-state index contributed by atoms with van der Waals surface area (Å²) in [5, 5.41) is 5.65. The number of carbonyl (C=O) groups is 2. The fourth-order valence-corrected chi connectivity index (χ4v) is 1.85. The van der Waals surface area contributed by atoms with Gasteiger partial charge in [-0.2, -0.15) is 0 Å². The summed E-state index contributed by atoms with van der Waals surface area (Å²) >= 11 is 3.35. The number of aromatic nitrogens is 1. The summed E-state index contributed by atoms with van der Waals surface area (Å²) in [6.45, 7) is 0. The van der Waals surface area contributed by atoms with E-state index in [1.165, 1.54) is 7.05 Å². The molecule has 0 spiro atoms. The lowest BCUT2D eigenvalue weighted by Gasteiger charge is -2.02. The highest BCUT2D eigenvalue weighted by atomic mass is 79.9. The molecule has 0 aliphatic heterocycles. The molecule has 1 aromatic heterocycles. The van der Waals surface area contributed by atoms with Gasteiger partial charge in [0.1, 0.15) is 0 Å². The van der Waals surface area contributed by atoms with E-state index in [1.807, 2.05) is 18.2 Å². The average Bonchev–Trinajstić information content (AvgIpc) is 2.71. The van der Waals surface area contributed by atoms with Gasteiger partial charge < -0.3 is 15.6 Å². The first kappa shape index (κ1) is 11.7. The molecule has 6 heteroatoms. The predicted molar refractivity (Wildman–Crippen MR) is 68.7 cm³/mol. The number of nitrogens with one attached hydrogen (secondary N) is 3. The number of H-pyrrole nitrogens is 1. The third-order valence-corrected chi connectivity index (χ3v) is 2.82. The summed E-state index contributed by atoms with van der Waals surface area (Å²) in [5.74, 6) is -1.36. The number of carbonyl (C=O) groups excluding carboxylic acids is 2. The second-order valence-electron chi connectivity index (χ2n) is 3.43. The molecule has 0 radical (unpaired) electrons. The van der Waals surface area contributed by atoms with E-state index in [9.17, 15) is 9.59 Å². The Labute approximate surface area is 106 Å². The van der Waals surface area contributed by atoms with Gasteiger partial charge in [-0.15, -0.1) is 0 Å². The standard InChI is InChI=1S/C11H10BrN3O2/c1-13-10(16)11(17)15-9-5-14-8-3-2-6(12)4-7(8)9/h2-5,14H,1H3,(H,13,16)(H,15,17). The van der Waals surface area contributed by atoms with Crippen LogP contribution in [0.3, 0.4) is 0 Å². The van der Waals surface area contributed by atoms with Gasteiger partial charge in [-0.1, -0.05) is 15.9 Å². The van der Waals surface area contributed by atoms with Gasteiger partial charge in [0.15, 0.2) is 0 Å². The Kier molecular flexibility index (Phi) is 3.14.